The summed E-state index contributed by atoms with van der Waals surface area (Å²) in [6.07, 6.45) is 1.96. The molecule has 3 rings (SSSR count). The van der Waals surface area contributed by atoms with E-state index in [-0.39, 0.29) is 30.4 Å². The monoisotopic (exact) mass is 398 g/mol. The summed E-state index contributed by atoms with van der Waals surface area (Å²) in [7, 11) is 2.10. The van der Waals surface area contributed by atoms with Gasteiger partial charge >= 0.3 is 0 Å². The molecule has 8 heteroatoms. The van der Waals surface area contributed by atoms with E-state index in [2.05, 4.69) is 17.3 Å². The highest BCUT2D eigenvalue weighted by Crippen LogP contribution is 2.20. The summed E-state index contributed by atoms with van der Waals surface area (Å²) in [6.45, 7) is 4.63. The molecule has 1 aromatic rings. The zero-order valence-electron chi connectivity index (χ0n) is 16.3. The van der Waals surface area contributed by atoms with Gasteiger partial charge in [0.15, 0.2) is 11.6 Å². The van der Waals surface area contributed by atoms with Gasteiger partial charge < -0.3 is 20.9 Å². The smallest absolute Gasteiger partial charge is 0.224 e. The van der Waals surface area contributed by atoms with Crippen molar-refractivity contribution in [3.63, 3.8) is 0 Å². The number of benzene rings is 1. The van der Waals surface area contributed by atoms with Crippen molar-refractivity contribution < 1.29 is 18.0 Å². The number of hydrogen-bond donors (Lipinski definition) is 2. The van der Waals surface area contributed by atoms with Gasteiger partial charge in [-0.2, -0.15) is 0 Å². The van der Waals surface area contributed by atoms with E-state index in [1.54, 1.807) is 0 Å². The summed E-state index contributed by atoms with van der Waals surface area (Å²) < 4.78 is 40.1. The summed E-state index contributed by atoms with van der Waals surface area (Å²) in [4.78, 5) is 16.8. The number of halogens is 3. The SMILES string of the molecule is CN1CC(CNCC2CCCN2C(=O)C[C@H](N)Cc2cc(F)c(F)cc2F)C1. The Kier molecular flexibility index (Phi) is 6.95. The fraction of sp³-hybridized carbons (Fsp3) is 0.650. The van der Waals surface area contributed by atoms with Crippen LogP contribution in [0.25, 0.3) is 0 Å². The Balaban J connectivity index is 1.46. The molecule has 0 spiro atoms. The van der Waals surface area contributed by atoms with Crippen LogP contribution in [0, 0.1) is 23.4 Å². The number of likely N-dealkylation sites (tertiary alicyclic amines) is 2. The largest absolute Gasteiger partial charge is 0.338 e. The molecule has 2 aliphatic rings. The van der Waals surface area contributed by atoms with Crippen LogP contribution in [0.5, 0.6) is 0 Å². The second-order valence-electron chi connectivity index (χ2n) is 8.15. The van der Waals surface area contributed by atoms with E-state index in [1.165, 1.54) is 0 Å². The zero-order valence-corrected chi connectivity index (χ0v) is 16.3. The number of nitrogens with zero attached hydrogens (tertiary/aromatic N) is 2. The van der Waals surface area contributed by atoms with Gasteiger partial charge in [-0.15, -0.1) is 0 Å². The molecule has 2 heterocycles. The Morgan fingerprint density at radius 1 is 1.21 bits per heavy atom. The van der Waals surface area contributed by atoms with Crippen molar-refractivity contribution in [3.8, 4) is 0 Å². The van der Waals surface area contributed by atoms with Crippen LogP contribution in [0.3, 0.4) is 0 Å². The summed E-state index contributed by atoms with van der Waals surface area (Å²) in [5.41, 5.74) is 5.99. The maximum Gasteiger partial charge on any atom is 0.224 e. The molecule has 3 N–H and O–H groups in total. The van der Waals surface area contributed by atoms with E-state index < -0.39 is 23.5 Å². The molecule has 156 valence electrons. The van der Waals surface area contributed by atoms with Gasteiger partial charge in [-0.05, 0) is 43.9 Å². The van der Waals surface area contributed by atoms with Crippen LogP contribution in [0.1, 0.15) is 24.8 Å². The van der Waals surface area contributed by atoms with Gasteiger partial charge in [0.1, 0.15) is 5.82 Å². The molecule has 5 nitrogen and oxygen atoms in total. The molecule has 1 unspecified atom stereocenters. The highest BCUT2D eigenvalue weighted by Gasteiger charge is 2.30. The number of amides is 1. The lowest BCUT2D eigenvalue weighted by Gasteiger charge is -2.36. The van der Waals surface area contributed by atoms with Gasteiger partial charge in [0, 0.05) is 57.3 Å². The number of nitrogens with one attached hydrogen (secondary N) is 1. The van der Waals surface area contributed by atoms with Gasteiger partial charge in [0.2, 0.25) is 5.91 Å². The maximum atomic E-state index is 13.8. The Morgan fingerprint density at radius 3 is 2.64 bits per heavy atom. The highest BCUT2D eigenvalue weighted by molar-refractivity contribution is 5.77. The van der Waals surface area contributed by atoms with Crippen LogP contribution < -0.4 is 11.1 Å². The van der Waals surface area contributed by atoms with Gasteiger partial charge in [-0.3, -0.25) is 4.79 Å². The van der Waals surface area contributed by atoms with Gasteiger partial charge in [0.05, 0.1) is 0 Å². The molecule has 0 aliphatic carbocycles. The Morgan fingerprint density at radius 2 is 1.93 bits per heavy atom. The molecule has 2 atom stereocenters. The van der Waals surface area contributed by atoms with Gasteiger partial charge in [-0.1, -0.05) is 0 Å². The minimum absolute atomic E-state index is 0.00990. The number of hydrogen-bond acceptors (Lipinski definition) is 4. The third kappa shape index (κ3) is 5.24. The third-order valence-electron chi connectivity index (χ3n) is 5.66. The molecule has 28 heavy (non-hydrogen) atoms. The quantitative estimate of drug-likeness (QED) is 0.652. The molecule has 2 aliphatic heterocycles. The van der Waals surface area contributed by atoms with E-state index in [0.717, 1.165) is 45.1 Å². The van der Waals surface area contributed by atoms with Crippen molar-refractivity contribution >= 4 is 5.91 Å². The fourth-order valence-corrected chi connectivity index (χ4v) is 4.20. The summed E-state index contributed by atoms with van der Waals surface area (Å²) >= 11 is 0. The van der Waals surface area contributed by atoms with E-state index in [1.807, 2.05) is 4.90 Å². The number of carbonyl (C=O) groups excluding carboxylic acids is 1. The Hall–Kier alpha value is -1.64. The first-order valence-corrected chi connectivity index (χ1v) is 9.91. The standard InChI is InChI=1S/C20H29F3N4O/c1-26-11-13(12-26)9-25-10-16-3-2-4-27(16)20(28)7-15(24)5-14-6-18(22)19(23)8-17(14)21/h6,8,13,15-16,25H,2-5,7,9-12,24H2,1H3/t15-,16?/m1/s1. The normalized spacial score (nSPS) is 21.8. The van der Waals surface area contributed by atoms with Crippen molar-refractivity contribution in [3.05, 3.63) is 35.1 Å². The molecule has 1 aromatic carbocycles. The second kappa shape index (κ2) is 9.24. The second-order valence-corrected chi connectivity index (χ2v) is 8.15. The van der Waals surface area contributed by atoms with Crippen molar-refractivity contribution in [2.24, 2.45) is 11.7 Å². The molecule has 2 fully saturated rings. The van der Waals surface area contributed by atoms with Crippen molar-refractivity contribution in [2.75, 3.05) is 39.8 Å². The average Bonchev–Trinajstić information content (AvgIpc) is 3.06. The van der Waals surface area contributed by atoms with Gasteiger partial charge in [0.25, 0.3) is 0 Å². The first-order valence-electron chi connectivity index (χ1n) is 9.91. The van der Waals surface area contributed by atoms with Crippen LogP contribution in [0.2, 0.25) is 0 Å². The molecule has 2 saturated heterocycles. The van der Waals surface area contributed by atoms with Crippen molar-refractivity contribution in [1.82, 2.24) is 15.1 Å². The van der Waals surface area contributed by atoms with Crippen molar-refractivity contribution in [2.45, 2.75) is 37.8 Å². The minimum atomic E-state index is -1.23. The predicted octanol–water partition coefficient (Wildman–Crippen LogP) is 1.51. The minimum Gasteiger partial charge on any atom is -0.338 e. The molecule has 0 bridgehead atoms. The lowest BCUT2D eigenvalue weighted by atomic mass is 10.0. The summed E-state index contributed by atoms with van der Waals surface area (Å²) in [6, 6.07) is 0.834. The van der Waals surface area contributed by atoms with Crippen LogP contribution in [0.4, 0.5) is 13.2 Å². The first-order chi connectivity index (χ1) is 13.3. The molecular formula is C20H29F3N4O. The van der Waals surface area contributed by atoms with E-state index >= 15 is 0 Å². The highest BCUT2D eigenvalue weighted by atomic mass is 19.2. The number of carbonyl (C=O) groups is 1. The Labute approximate surface area is 164 Å². The topological polar surface area (TPSA) is 61.6 Å². The molecule has 1 amide bonds. The van der Waals surface area contributed by atoms with Crippen LogP contribution in [-0.2, 0) is 11.2 Å². The van der Waals surface area contributed by atoms with Gasteiger partial charge in [-0.25, -0.2) is 13.2 Å². The predicted molar refractivity (Wildman–Crippen MR) is 101 cm³/mol. The van der Waals surface area contributed by atoms with E-state index in [4.69, 9.17) is 5.73 Å². The van der Waals surface area contributed by atoms with Crippen LogP contribution >= 0.6 is 0 Å². The van der Waals surface area contributed by atoms with Crippen LogP contribution in [-0.4, -0.2) is 67.6 Å². The van der Waals surface area contributed by atoms with E-state index in [9.17, 15) is 18.0 Å². The van der Waals surface area contributed by atoms with E-state index in [0.29, 0.717) is 18.5 Å². The zero-order chi connectivity index (χ0) is 20.3. The lowest BCUT2D eigenvalue weighted by Crippen LogP contribution is -2.50. The van der Waals surface area contributed by atoms with Crippen LogP contribution in [0.15, 0.2) is 12.1 Å². The third-order valence-corrected chi connectivity index (χ3v) is 5.66. The average molecular weight is 398 g/mol. The fourth-order valence-electron chi connectivity index (χ4n) is 4.20. The lowest BCUT2D eigenvalue weighted by molar-refractivity contribution is -0.132. The van der Waals surface area contributed by atoms with Crippen molar-refractivity contribution in [1.29, 1.82) is 0 Å². The Bertz CT molecular complexity index is 696. The summed E-state index contributed by atoms with van der Waals surface area (Å²) in [5.74, 6) is -2.57. The molecule has 0 radical (unpaired) electrons. The molecule has 0 saturated carbocycles. The molecular weight excluding hydrogens is 369 g/mol. The summed E-state index contributed by atoms with van der Waals surface area (Å²) in [5, 5.41) is 3.47. The maximum absolute atomic E-state index is 13.8. The molecule has 0 aromatic heterocycles. The number of rotatable bonds is 8. The first kappa shape index (κ1) is 21.1. The number of nitrogens with two attached hydrogens (primary N) is 1.